The lowest BCUT2D eigenvalue weighted by molar-refractivity contribution is 0.312. The first-order valence-electron chi connectivity index (χ1n) is 3.99. The van der Waals surface area contributed by atoms with Crippen LogP contribution in [0.25, 0.3) is 0 Å². The molecule has 0 aliphatic heterocycles. The first kappa shape index (κ1) is 8.91. The van der Waals surface area contributed by atoms with Crippen LogP contribution in [0.2, 0.25) is 0 Å². The third kappa shape index (κ3) is 1.70. The zero-order valence-corrected chi connectivity index (χ0v) is 7.95. The van der Waals surface area contributed by atoms with Crippen molar-refractivity contribution in [1.82, 2.24) is 0 Å². The predicted molar refractivity (Wildman–Crippen MR) is 49.6 cm³/mol. The summed E-state index contributed by atoms with van der Waals surface area (Å²) in [5.41, 5.74) is 0.969. The quantitative estimate of drug-likeness (QED) is 0.488. The Bertz CT molecular complexity index is 169. The highest BCUT2D eigenvalue weighted by atomic mass is 32.2. The van der Waals surface area contributed by atoms with Gasteiger partial charge in [-0.05, 0) is 32.4 Å². The minimum atomic E-state index is 0.104. The van der Waals surface area contributed by atoms with Crippen molar-refractivity contribution < 1.29 is 5.21 Å². The van der Waals surface area contributed by atoms with Gasteiger partial charge in [0.15, 0.2) is 0 Å². The van der Waals surface area contributed by atoms with E-state index in [1.807, 2.05) is 0 Å². The molecule has 1 N–H and O–H groups in total. The number of rotatable bonds is 1. The minimum Gasteiger partial charge on any atom is -0.411 e. The molecule has 1 saturated carbocycles. The summed E-state index contributed by atoms with van der Waals surface area (Å²) in [5.74, 6) is 0. The maximum atomic E-state index is 8.73. The van der Waals surface area contributed by atoms with Crippen molar-refractivity contribution in [3.05, 3.63) is 0 Å². The average Bonchev–Trinajstić information content (AvgIpc) is 2.05. The van der Waals surface area contributed by atoms with E-state index in [1.165, 1.54) is 12.8 Å². The van der Waals surface area contributed by atoms with E-state index < -0.39 is 0 Å². The Morgan fingerprint density at radius 2 is 2.27 bits per heavy atom. The van der Waals surface area contributed by atoms with Crippen molar-refractivity contribution in [2.45, 2.75) is 37.4 Å². The number of hydrogen-bond donors (Lipinski definition) is 1. The first-order chi connectivity index (χ1) is 5.23. The molecule has 0 saturated heterocycles. The topological polar surface area (TPSA) is 32.6 Å². The fraction of sp³-hybridized carbons (Fsp3) is 0.875. The molecule has 0 aromatic heterocycles. The molecule has 2 nitrogen and oxygen atoms in total. The standard InChI is InChI=1S/C8H15NOS/c1-8(11-2)6-4-3-5-7(8)9-10/h10H,3-6H2,1-2H3. The summed E-state index contributed by atoms with van der Waals surface area (Å²) in [4.78, 5) is 0. The smallest absolute Gasteiger partial charge is 0.0728 e. The van der Waals surface area contributed by atoms with Gasteiger partial charge in [-0.2, -0.15) is 11.8 Å². The van der Waals surface area contributed by atoms with E-state index in [0.717, 1.165) is 18.6 Å². The van der Waals surface area contributed by atoms with E-state index in [0.29, 0.717) is 0 Å². The predicted octanol–water partition coefficient (Wildman–Crippen LogP) is 2.51. The van der Waals surface area contributed by atoms with Crippen molar-refractivity contribution in [3.63, 3.8) is 0 Å². The molecule has 1 atom stereocenters. The van der Waals surface area contributed by atoms with Crippen molar-refractivity contribution >= 4 is 17.5 Å². The highest BCUT2D eigenvalue weighted by Gasteiger charge is 2.32. The van der Waals surface area contributed by atoms with Crippen molar-refractivity contribution in [1.29, 1.82) is 0 Å². The molecule has 11 heavy (non-hydrogen) atoms. The van der Waals surface area contributed by atoms with Gasteiger partial charge in [0, 0.05) is 0 Å². The largest absolute Gasteiger partial charge is 0.411 e. The van der Waals surface area contributed by atoms with Crippen molar-refractivity contribution in [2.24, 2.45) is 5.16 Å². The van der Waals surface area contributed by atoms with Crippen molar-refractivity contribution in [3.8, 4) is 0 Å². The molecule has 0 radical (unpaired) electrons. The van der Waals surface area contributed by atoms with Gasteiger partial charge in [-0.15, -0.1) is 0 Å². The van der Waals surface area contributed by atoms with Gasteiger partial charge in [-0.1, -0.05) is 11.6 Å². The van der Waals surface area contributed by atoms with Crippen LogP contribution < -0.4 is 0 Å². The molecule has 0 amide bonds. The molecule has 0 heterocycles. The first-order valence-corrected chi connectivity index (χ1v) is 5.22. The number of nitrogens with zero attached hydrogens (tertiary/aromatic N) is 1. The van der Waals surface area contributed by atoms with Crippen LogP contribution in [0.15, 0.2) is 5.16 Å². The highest BCUT2D eigenvalue weighted by Crippen LogP contribution is 2.35. The Kier molecular flexibility index (Phi) is 2.82. The molecule has 0 aromatic rings. The van der Waals surface area contributed by atoms with Crippen LogP contribution in [0, 0.1) is 0 Å². The minimum absolute atomic E-state index is 0.104. The molecule has 64 valence electrons. The van der Waals surface area contributed by atoms with E-state index in [4.69, 9.17) is 5.21 Å². The second kappa shape index (κ2) is 3.48. The Hall–Kier alpha value is -0.180. The van der Waals surface area contributed by atoms with Crippen LogP contribution in [0.1, 0.15) is 32.6 Å². The molecular weight excluding hydrogens is 158 g/mol. The lowest BCUT2D eigenvalue weighted by Gasteiger charge is -2.32. The van der Waals surface area contributed by atoms with E-state index in [9.17, 15) is 0 Å². The van der Waals surface area contributed by atoms with E-state index in [1.54, 1.807) is 11.8 Å². The molecule has 0 aromatic carbocycles. The highest BCUT2D eigenvalue weighted by molar-refractivity contribution is 8.00. The van der Waals surface area contributed by atoms with E-state index in [-0.39, 0.29) is 4.75 Å². The van der Waals surface area contributed by atoms with Crippen molar-refractivity contribution in [2.75, 3.05) is 6.26 Å². The molecule has 0 spiro atoms. The van der Waals surface area contributed by atoms with E-state index >= 15 is 0 Å². The lowest BCUT2D eigenvalue weighted by Crippen LogP contribution is -2.34. The molecular formula is C8H15NOS. The average molecular weight is 173 g/mol. The van der Waals surface area contributed by atoms with Crippen LogP contribution in [0.5, 0.6) is 0 Å². The molecule has 3 heteroatoms. The van der Waals surface area contributed by atoms with Gasteiger partial charge < -0.3 is 5.21 Å². The summed E-state index contributed by atoms with van der Waals surface area (Å²) < 4.78 is 0.104. The van der Waals surface area contributed by atoms with Crippen LogP contribution >= 0.6 is 11.8 Å². The maximum Gasteiger partial charge on any atom is 0.0728 e. The summed E-state index contributed by atoms with van der Waals surface area (Å²) in [7, 11) is 0. The normalized spacial score (nSPS) is 36.0. The van der Waals surface area contributed by atoms with Gasteiger partial charge in [-0.3, -0.25) is 0 Å². The zero-order valence-electron chi connectivity index (χ0n) is 7.13. The monoisotopic (exact) mass is 173 g/mol. The third-order valence-electron chi connectivity index (χ3n) is 2.50. The number of oxime groups is 1. The zero-order chi connectivity index (χ0) is 8.32. The fourth-order valence-electron chi connectivity index (χ4n) is 1.54. The van der Waals surface area contributed by atoms with Gasteiger partial charge in [-0.25, -0.2) is 0 Å². The molecule has 1 rings (SSSR count). The van der Waals surface area contributed by atoms with Gasteiger partial charge in [0.25, 0.3) is 0 Å². The maximum absolute atomic E-state index is 8.73. The second-order valence-electron chi connectivity index (χ2n) is 3.19. The fourth-order valence-corrected chi connectivity index (χ4v) is 2.27. The Morgan fingerprint density at radius 1 is 1.55 bits per heavy atom. The number of thioether (sulfide) groups is 1. The Morgan fingerprint density at radius 3 is 2.73 bits per heavy atom. The summed E-state index contributed by atoms with van der Waals surface area (Å²) >= 11 is 1.79. The molecule has 1 fully saturated rings. The summed E-state index contributed by atoms with van der Waals surface area (Å²) in [6.45, 7) is 2.16. The van der Waals surface area contributed by atoms with Gasteiger partial charge in [0.05, 0.1) is 10.5 Å². The SMILES string of the molecule is CSC1(C)CCCCC1=NO. The van der Waals surface area contributed by atoms with Crippen LogP contribution in [-0.4, -0.2) is 21.9 Å². The summed E-state index contributed by atoms with van der Waals surface area (Å²) in [6, 6.07) is 0. The van der Waals surface area contributed by atoms with Gasteiger partial charge in [0.1, 0.15) is 0 Å². The van der Waals surface area contributed by atoms with Gasteiger partial charge in [0.2, 0.25) is 0 Å². The third-order valence-corrected chi connectivity index (χ3v) is 3.84. The number of hydrogen-bond acceptors (Lipinski definition) is 3. The van der Waals surface area contributed by atoms with E-state index in [2.05, 4.69) is 18.3 Å². The molecule has 1 aliphatic rings. The summed E-state index contributed by atoms with van der Waals surface area (Å²) in [6.07, 6.45) is 6.63. The van der Waals surface area contributed by atoms with Crippen LogP contribution in [0.4, 0.5) is 0 Å². The Labute approximate surface area is 72.1 Å². The molecule has 1 aliphatic carbocycles. The molecule has 0 bridgehead atoms. The van der Waals surface area contributed by atoms with Crippen LogP contribution in [0.3, 0.4) is 0 Å². The lowest BCUT2D eigenvalue weighted by atomic mass is 9.88. The Balaban J connectivity index is 2.74. The summed E-state index contributed by atoms with van der Waals surface area (Å²) in [5, 5.41) is 12.1. The second-order valence-corrected chi connectivity index (χ2v) is 4.50. The molecule has 1 unspecified atom stereocenters. The van der Waals surface area contributed by atoms with Crippen LogP contribution in [-0.2, 0) is 0 Å². The van der Waals surface area contributed by atoms with Gasteiger partial charge >= 0.3 is 0 Å².